The number of aromatic nitrogens is 3. The molecule has 2 aromatic carbocycles. The second-order valence-electron chi connectivity index (χ2n) is 7.29. The van der Waals surface area contributed by atoms with Gasteiger partial charge >= 0.3 is 0 Å². The number of hydrogen-bond donors (Lipinski definition) is 0. The lowest BCUT2D eigenvalue weighted by atomic mass is 10.1. The molecule has 0 fully saturated rings. The highest BCUT2D eigenvalue weighted by atomic mass is 79.9. The maximum Gasteiger partial charge on any atom is 0.261 e. The summed E-state index contributed by atoms with van der Waals surface area (Å²) in [5, 5.41) is 0.432. The minimum absolute atomic E-state index is 0.209. The third kappa shape index (κ3) is 5.13. The highest BCUT2D eigenvalue weighted by Crippen LogP contribution is 2.13. The fourth-order valence-corrected chi connectivity index (χ4v) is 4.24. The molecule has 160 valence electrons. The normalized spacial score (nSPS) is 11.2. The lowest BCUT2D eigenvalue weighted by Gasteiger charge is -2.07. The first-order chi connectivity index (χ1) is 15.3. The summed E-state index contributed by atoms with van der Waals surface area (Å²) in [7, 11) is -3.26. The van der Waals surface area contributed by atoms with Crippen LogP contribution in [-0.4, -0.2) is 29.2 Å². The van der Waals surface area contributed by atoms with E-state index in [4.69, 9.17) is 0 Å². The Bertz CT molecular complexity index is 1530. The summed E-state index contributed by atoms with van der Waals surface area (Å²) in [6, 6.07) is 16.0. The molecule has 2 heterocycles. The van der Waals surface area contributed by atoms with Gasteiger partial charge in [0.1, 0.15) is 5.69 Å². The molecule has 0 N–H and O–H groups in total. The van der Waals surface area contributed by atoms with Gasteiger partial charge in [0.05, 0.1) is 34.9 Å². The molecule has 8 heteroatoms. The lowest BCUT2D eigenvalue weighted by Crippen LogP contribution is -2.21. The zero-order chi connectivity index (χ0) is 22.7. The van der Waals surface area contributed by atoms with Crippen molar-refractivity contribution in [3.8, 4) is 11.8 Å². The first kappa shape index (κ1) is 21.9. The van der Waals surface area contributed by atoms with Crippen molar-refractivity contribution < 1.29 is 8.42 Å². The lowest BCUT2D eigenvalue weighted by molar-refractivity contribution is 0.602. The monoisotopic (exact) mass is 507 g/mol. The zero-order valence-electron chi connectivity index (χ0n) is 17.1. The van der Waals surface area contributed by atoms with Crippen LogP contribution in [0.3, 0.4) is 0 Å². The molecule has 4 aromatic rings. The smallest absolute Gasteiger partial charge is 0.261 e. The quantitative estimate of drug-likeness (QED) is 0.394. The van der Waals surface area contributed by atoms with Gasteiger partial charge in [-0.15, -0.1) is 0 Å². The van der Waals surface area contributed by atoms with E-state index in [1.807, 2.05) is 24.3 Å². The zero-order valence-corrected chi connectivity index (χ0v) is 19.5. The van der Waals surface area contributed by atoms with Crippen LogP contribution in [0.5, 0.6) is 0 Å². The summed E-state index contributed by atoms with van der Waals surface area (Å²) in [6.45, 7) is 0.276. The molecule has 0 aliphatic rings. The number of rotatable bonds is 4. The van der Waals surface area contributed by atoms with Crippen LogP contribution in [0.2, 0.25) is 0 Å². The second kappa shape index (κ2) is 9.07. The van der Waals surface area contributed by atoms with E-state index in [0.717, 1.165) is 21.9 Å². The molecule has 0 radical (unpaired) electrons. The molecule has 0 saturated heterocycles. The Balaban J connectivity index is 1.59. The second-order valence-corrected chi connectivity index (χ2v) is 10.2. The van der Waals surface area contributed by atoms with E-state index < -0.39 is 9.84 Å². The average molecular weight is 508 g/mol. The van der Waals surface area contributed by atoms with Crippen LogP contribution in [-0.2, 0) is 22.8 Å². The first-order valence-corrected chi connectivity index (χ1v) is 12.4. The first-order valence-electron chi connectivity index (χ1n) is 9.67. The van der Waals surface area contributed by atoms with Crippen LogP contribution in [0.15, 0.2) is 81.3 Å². The molecular weight excluding hydrogens is 490 g/mol. The number of nitrogens with zero attached hydrogens (tertiary/aromatic N) is 3. The van der Waals surface area contributed by atoms with E-state index >= 15 is 0 Å². The van der Waals surface area contributed by atoms with Crippen molar-refractivity contribution in [1.82, 2.24) is 14.5 Å². The van der Waals surface area contributed by atoms with Crippen molar-refractivity contribution in [1.29, 1.82) is 0 Å². The van der Waals surface area contributed by atoms with Gasteiger partial charge in [0.25, 0.3) is 5.56 Å². The van der Waals surface area contributed by atoms with Crippen molar-refractivity contribution in [3.05, 3.63) is 98.8 Å². The van der Waals surface area contributed by atoms with Crippen LogP contribution in [0.4, 0.5) is 0 Å². The van der Waals surface area contributed by atoms with Gasteiger partial charge in [0.15, 0.2) is 9.84 Å². The average Bonchev–Trinajstić information content (AvgIpc) is 2.76. The standard InChI is InChI=1S/C24H18BrN3O3S/c1-32(30,31)21-10-8-18(9-11-21)15-28-16-27-23-14-26-20(13-22(23)24(28)29)7-3-5-17-4-2-6-19(25)12-17/h2,4,6,8-14,16H,5,15H2,1H3. The van der Waals surface area contributed by atoms with E-state index in [2.05, 4.69) is 37.7 Å². The van der Waals surface area contributed by atoms with Gasteiger partial charge in [0, 0.05) is 17.1 Å². The summed E-state index contributed by atoms with van der Waals surface area (Å²) >= 11 is 3.45. The van der Waals surface area contributed by atoms with Crippen molar-refractivity contribution >= 4 is 36.7 Å². The van der Waals surface area contributed by atoms with Crippen LogP contribution in [0.25, 0.3) is 10.9 Å². The molecule has 6 nitrogen and oxygen atoms in total. The summed E-state index contributed by atoms with van der Waals surface area (Å²) in [4.78, 5) is 21.8. The molecule has 2 aromatic heterocycles. The summed E-state index contributed by atoms with van der Waals surface area (Å²) in [6.07, 6.45) is 4.74. The Morgan fingerprint density at radius 1 is 1.03 bits per heavy atom. The Morgan fingerprint density at radius 3 is 2.53 bits per heavy atom. The number of hydrogen-bond acceptors (Lipinski definition) is 5. The third-order valence-corrected chi connectivity index (χ3v) is 6.43. The van der Waals surface area contributed by atoms with Crippen molar-refractivity contribution in [2.45, 2.75) is 17.9 Å². The van der Waals surface area contributed by atoms with Gasteiger partial charge in [-0.2, -0.15) is 0 Å². The maximum absolute atomic E-state index is 13.0. The number of benzene rings is 2. The molecule has 4 rings (SSSR count). The molecular formula is C24H18BrN3O3S. The number of halogens is 1. The topological polar surface area (TPSA) is 81.9 Å². The molecule has 0 atom stereocenters. The largest absolute Gasteiger partial charge is 0.294 e. The number of pyridine rings is 1. The van der Waals surface area contributed by atoms with Crippen molar-refractivity contribution in [2.75, 3.05) is 6.26 Å². The van der Waals surface area contributed by atoms with Gasteiger partial charge in [0.2, 0.25) is 0 Å². The number of fused-ring (bicyclic) bond motifs is 1. The van der Waals surface area contributed by atoms with Crippen LogP contribution < -0.4 is 5.56 Å². The minimum atomic E-state index is -3.26. The van der Waals surface area contributed by atoms with Gasteiger partial charge in [-0.3, -0.25) is 9.36 Å². The highest BCUT2D eigenvalue weighted by Gasteiger charge is 2.09. The van der Waals surface area contributed by atoms with E-state index in [-0.39, 0.29) is 17.0 Å². The van der Waals surface area contributed by atoms with Crippen LogP contribution >= 0.6 is 15.9 Å². The Morgan fingerprint density at radius 2 is 1.81 bits per heavy atom. The van der Waals surface area contributed by atoms with Crippen LogP contribution in [0.1, 0.15) is 16.8 Å². The van der Waals surface area contributed by atoms with Crippen molar-refractivity contribution in [2.24, 2.45) is 0 Å². The molecule has 0 unspecified atom stereocenters. The SMILES string of the molecule is CS(=O)(=O)c1ccc(Cn2cnc3cnc(C#CCc4cccc(Br)c4)cc3c2=O)cc1. The Kier molecular flexibility index (Phi) is 6.21. The molecule has 32 heavy (non-hydrogen) atoms. The van der Waals surface area contributed by atoms with E-state index in [9.17, 15) is 13.2 Å². The minimum Gasteiger partial charge on any atom is -0.294 e. The molecule has 0 bridgehead atoms. The van der Waals surface area contributed by atoms with Gasteiger partial charge in [-0.1, -0.05) is 46.1 Å². The molecule has 0 aliphatic carbocycles. The fourth-order valence-electron chi connectivity index (χ4n) is 3.16. The Hall–Kier alpha value is -3.28. The third-order valence-electron chi connectivity index (χ3n) is 4.81. The summed E-state index contributed by atoms with van der Waals surface area (Å²) in [5.41, 5.74) is 2.67. The van der Waals surface area contributed by atoms with Crippen LogP contribution in [0, 0.1) is 11.8 Å². The molecule has 0 aliphatic heterocycles. The predicted molar refractivity (Wildman–Crippen MR) is 127 cm³/mol. The van der Waals surface area contributed by atoms with Crippen molar-refractivity contribution in [3.63, 3.8) is 0 Å². The fraction of sp³-hybridized carbons (Fsp3) is 0.125. The van der Waals surface area contributed by atoms with E-state index in [1.165, 1.54) is 23.0 Å². The van der Waals surface area contributed by atoms with Gasteiger partial charge in [-0.05, 0) is 47.4 Å². The van der Waals surface area contributed by atoms with Gasteiger partial charge in [-0.25, -0.2) is 18.4 Å². The molecule has 0 spiro atoms. The molecule has 0 amide bonds. The van der Waals surface area contributed by atoms with Gasteiger partial charge < -0.3 is 0 Å². The molecule has 0 saturated carbocycles. The summed E-state index contributed by atoms with van der Waals surface area (Å²) < 4.78 is 25.7. The van der Waals surface area contributed by atoms with E-state index in [0.29, 0.717) is 23.0 Å². The highest BCUT2D eigenvalue weighted by molar-refractivity contribution is 9.10. The van der Waals surface area contributed by atoms with E-state index in [1.54, 1.807) is 24.4 Å². The summed E-state index contributed by atoms with van der Waals surface area (Å²) in [5.74, 6) is 6.10. The maximum atomic E-state index is 13.0. The predicted octanol–water partition coefficient (Wildman–Crippen LogP) is 3.60. The number of sulfone groups is 1. The Labute approximate surface area is 194 Å².